The summed E-state index contributed by atoms with van der Waals surface area (Å²) in [7, 11) is 0. The van der Waals surface area contributed by atoms with Crippen molar-refractivity contribution in [2.24, 2.45) is 0 Å². The second kappa shape index (κ2) is 14.2. The normalized spacial score (nSPS) is 11.2. The van der Waals surface area contributed by atoms with E-state index in [1.807, 2.05) is 35.3 Å². The van der Waals surface area contributed by atoms with Crippen molar-refractivity contribution < 1.29 is 25.8 Å². The van der Waals surface area contributed by atoms with E-state index in [2.05, 4.69) is 159 Å². The molecule has 53 heavy (non-hydrogen) atoms. The van der Waals surface area contributed by atoms with Crippen LogP contribution in [-0.2, 0) is 21.1 Å². The van der Waals surface area contributed by atoms with Gasteiger partial charge in [0.05, 0.1) is 6.20 Å². The molecule has 6 heteroatoms. The van der Waals surface area contributed by atoms with Crippen LogP contribution in [0.25, 0.3) is 66.7 Å². The molecule has 9 rings (SSSR count). The zero-order chi connectivity index (χ0) is 35.2. The first-order valence-corrected chi connectivity index (χ1v) is 17.4. The summed E-state index contributed by atoms with van der Waals surface area (Å²) in [6.45, 7) is 6.30. The molecule has 5 nitrogen and oxygen atoms in total. The number of aryl methyl sites for hydroxylation is 3. The SMILES string of the molecule is Cc1cc(Oc2[c-]c3c(cc2)c2ccccc2n3-c2cc(C)ccn2)[c-]c(-n2cc(-c3c(-c4ccccc4)cc(C)cc3-c3ccccc3)cn2)c1.[Pt+2]. The predicted octanol–water partition coefficient (Wildman–Crippen LogP) is 11.7. The van der Waals surface area contributed by atoms with E-state index in [-0.39, 0.29) is 21.1 Å². The van der Waals surface area contributed by atoms with E-state index in [0.29, 0.717) is 11.5 Å². The molecule has 0 N–H and O–H groups in total. The first-order valence-electron chi connectivity index (χ1n) is 17.4. The molecule has 3 aromatic heterocycles. The van der Waals surface area contributed by atoms with E-state index < -0.39 is 0 Å². The molecule has 6 aromatic carbocycles. The standard InChI is InChI=1S/C47H34N4O.Pt/c1-31-20-21-48-46(26-31)51-44-17-11-10-16-40(44)41-19-18-38(28-45(41)51)52-39-23-32(2)22-37(27-39)50-30-36(29-49-50)47-42(34-12-6-4-7-13-34)24-33(3)25-43(47)35-14-8-5-9-15-35;/h4-26,29-30H,1-3H3;/q-2;+2. The van der Waals surface area contributed by atoms with Crippen LogP contribution in [0.2, 0.25) is 0 Å². The molecule has 0 radical (unpaired) electrons. The fraction of sp³-hybridized carbons (Fsp3) is 0.0638. The van der Waals surface area contributed by atoms with Gasteiger partial charge in [0.15, 0.2) is 0 Å². The third-order valence-corrected chi connectivity index (χ3v) is 9.45. The smallest absolute Gasteiger partial charge is 0.509 e. The van der Waals surface area contributed by atoms with Gasteiger partial charge in [-0.3, -0.25) is 4.68 Å². The summed E-state index contributed by atoms with van der Waals surface area (Å²) in [5.41, 5.74) is 13.0. The summed E-state index contributed by atoms with van der Waals surface area (Å²) < 4.78 is 10.5. The summed E-state index contributed by atoms with van der Waals surface area (Å²) in [5.74, 6) is 2.03. The third kappa shape index (κ3) is 6.50. The minimum absolute atomic E-state index is 0. The van der Waals surface area contributed by atoms with Crippen LogP contribution in [0.1, 0.15) is 16.7 Å². The van der Waals surface area contributed by atoms with Crippen LogP contribution in [0, 0.1) is 32.9 Å². The number of benzene rings is 6. The van der Waals surface area contributed by atoms with Gasteiger partial charge in [0.25, 0.3) is 0 Å². The Morgan fingerprint density at radius 3 is 1.98 bits per heavy atom. The number of ether oxygens (including phenoxy) is 1. The number of rotatable bonds is 7. The molecule has 0 bridgehead atoms. The molecule has 0 atom stereocenters. The molecular weight excluding hydrogens is 832 g/mol. The monoisotopic (exact) mass is 865 g/mol. The van der Waals surface area contributed by atoms with Crippen molar-refractivity contribution in [2.45, 2.75) is 20.8 Å². The Bertz CT molecular complexity index is 2690. The van der Waals surface area contributed by atoms with Gasteiger partial charge < -0.3 is 9.30 Å². The molecular formula is C47H34N4OPt. The van der Waals surface area contributed by atoms with Gasteiger partial charge in [0.1, 0.15) is 5.82 Å². The zero-order valence-electron chi connectivity index (χ0n) is 29.4. The topological polar surface area (TPSA) is 44.9 Å². The third-order valence-electron chi connectivity index (χ3n) is 9.45. The Balaban J connectivity index is 0.00000400. The van der Waals surface area contributed by atoms with Gasteiger partial charge in [-0.15, -0.1) is 35.7 Å². The van der Waals surface area contributed by atoms with Crippen LogP contribution in [0.15, 0.2) is 152 Å². The molecule has 258 valence electrons. The van der Waals surface area contributed by atoms with Crippen LogP contribution < -0.4 is 4.74 Å². The molecule has 0 spiro atoms. The fourth-order valence-electron chi connectivity index (χ4n) is 7.15. The van der Waals surface area contributed by atoms with Crippen LogP contribution in [-0.4, -0.2) is 19.3 Å². The second-order valence-electron chi connectivity index (χ2n) is 13.3. The van der Waals surface area contributed by atoms with Gasteiger partial charge in [-0.1, -0.05) is 103 Å². The first kappa shape index (κ1) is 34.1. The fourth-order valence-corrected chi connectivity index (χ4v) is 7.15. The van der Waals surface area contributed by atoms with Crippen LogP contribution in [0.4, 0.5) is 0 Å². The number of hydrogen-bond donors (Lipinski definition) is 0. The average Bonchev–Trinajstić information content (AvgIpc) is 3.78. The van der Waals surface area contributed by atoms with E-state index >= 15 is 0 Å². The number of pyridine rings is 1. The van der Waals surface area contributed by atoms with Gasteiger partial charge in [0, 0.05) is 40.5 Å². The number of para-hydroxylation sites is 1. The van der Waals surface area contributed by atoms with Gasteiger partial charge >= 0.3 is 21.1 Å². The number of aromatic nitrogens is 4. The van der Waals surface area contributed by atoms with Crippen LogP contribution >= 0.6 is 0 Å². The quantitative estimate of drug-likeness (QED) is 0.150. The Kier molecular flexibility index (Phi) is 9.12. The van der Waals surface area contributed by atoms with E-state index in [1.54, 1.807) is 0 Å². The molecule has 0 aliphatic heterocycles. The Morgan fingerprint density at radius 1 is 0.585 bits per heavy atom. The zero-order valence-corrected chi connectivity index (χ0v) is 31.7. The van der Waals surface area contributed by atoms with Crippen molar-refractivity contribution in [3.05, 3.63) is 181 Å². The Morgan fingerprint density at radius 2 is 1.26 bits per heavy atom. The molecule has 0 saturated carbocycles. The summed E-state index contributed by atoms with van der Waals surface area (Å²) >= 11 is 0. The maximum Gasteiger partial charge on any atom is 2.00 e. The molecule has 0 aliphatic carbocycles. The van der Waals surface area contributed by atoms with Crippen molar-refractivity contribution in [2.75, 3.05) is 0 Å². The molecule has 3 heterocycles. The Labute approximate surface area is 323 Å². The van der Waals surface area contributed by atoms with E-state index in [4.69, 9.17) is 14.8 Å². The van der Waals surface area contributed by atoms with Gasteiger partial charge in [0.2, 0.25) is 0 Å². The van der Waals surface area contributed by atoms with Crippen LogP contribution in [0.3, 0.4) is 0 Å². The Hall–Kier alpha value is -6.03. The van der Waals surface area contributed by atoms with E-state index in [9.17, 15) is 0 Å². The summed E-state index contributed by atoms with van der Waals surface area (Å²) in [4.78, 5) is 4.71. The minimum atomic E-state index is 0. The summed E-state index contributed by atoms with van der Waals surface area (Å²) in [6, 6.07) is 53.3. The van der Waals surface area contributed by atoms with Crippen molar-refractivity contribution in [3.63, 3.8) is 0 Å². The molecule has 0 amide bonds. The minimum Gasteiger partial charge on any atom is -0.509 e. The maximum atomic E-state index is 6.51. The number of fused-ring (bicyclic) bond motifs is 3. The maximum absolute atomic E-state index is 6.51. The largest absolute Gasteiger partial charge is 2.00 e. The van der Waals surface area contributed by atoms with Crippen molar-refractivity contribution in [1.82, 2.24) is 19.3 Å². The van der Waals surface area contributed by atoms with E-state index in [1.165, 1.54) is 16.7 Å². The van der Waals surface area contributed by atoms with Crippen molar-refractivity contribution in [1.29, 1.82) is 0 Å². The van der Waals surface area contributed by atoms with Gasteiger partial charge in [-0.2, -0.15) is 16.7 Å². The van der Waals surface area contributed by atoms with Crippen molar-refractivity contribution in [3.8, 4) is 56.4 Å². The van der Waals surface area contributed by atoms with E-state index in [0.717, 1.165) is 66.7 Å². The van der Waals surface area contributed by atoms with Gasteiger partial charge in [-0.25, -0.2) is 4.98 Å². The average molecular weight is 866 g/mol. The second-order valence-corrected chi connectivity index (χ2v) is 13.3. The first-order chi connectivity index (χ1) is 25.5. The molecule has 0 aliphatic rings. The van der Waals surface area contributed by atoms with Crippen LogP contribution in [0.5, 0.6) is 11.5 Å². The number of hydrogen-bond acceptors (Lipinski definition) is 3. The number of nitrogens with zero attached hydrogens (tertiary/aromatic N) is 4. The van der Waals surface area contributed by atoms with Crippen molar-refractivity contribution >= 4 is 21.8 Å². The molecule has 0 unspecified atom stereocenters. The molecule has 0 saturated heterocycles. The summed E-state index contributed by atoms with van der Waals surface area (Å²) in [6.07, 6.45) is 5.88. The molecule has 0 fully saturated rings. The summed E-state index contributed by atoms with van der Waals surface area (Å²) in [5, 5.41) is 7.10. The predicted molar refractivity (Wildman–Crippen MR) is 210 cm³/mol. The molecule has 9 aromatic rings. The van der Waals surface area contributed by atoms with Gasteiger partial charge in [-0.05, 0) is 76.5 Å².